The highest BCUT2D eigenvalue weighted by atomic mass is 35.5. The number of halogens is 1. The number of hydrogen-bond acceptors (Lipinski definition) is 5. The Kier molecular flexibility index (Phi) is 6.01. The fourth-order valence-corrected chi connectivity index (χ4v) is 3.20. The lowest BCUT2D eigenvalue weighted by Gasteiger charge is -2.27. The van der Waals surface area contributed by atoms with Gasteiger partial charge in [-0.3, -0.25) is 4.98 Å². The molecule has 1 aromatic heterocycles. The molecule has 128 valence electrons. The van der Waals surface area contributed by atoms with E-state index in [2.05, 4.69) is 15.0 Å². The molecule has 24 heavy (non-hydrogen) atoms. The highest BCUT2D eigenvalue weighted by Gasteiger charge is 2.15. The number of aliphatic hydroxyl groups excluding tert-OH is 1. The van der Waals surface area contributed by atoms with E-state index in [9.17, 15) is 5.11 Å². The van der Waals surface area contributed by atoms with E-state index in [1.807, 2.05) is 30.3 Å². The molecule has 0 aliphatic carbocycles. The molecule has 1 aliphatic rings. The summed E-state index contributed by atoms with van der Waals surface area (Å²) in [5, 5.41) is 16.1. The number of fused-ring (bicyclic) bond motifs is 1. The summed E-state index contributed by atoms with van der Waals surface area (Å²) in [5.41, 5.74) is 0.584. The van der Waals surface area contributed by atoms with Crippen molar-refractivity contribution in [3.8, 4) is 0 Å². The predicted octanol–water partition coefficient (Wildman–Crippen LogP) is 3.00. The summed E-state index contributed by atoms with van der Waals surface area (Å²) >= 11 is 6.23. The molecule has 1 aromatic carbocycles. The average molecular weight is 348 g/mol. The van der Waals surface area contributed by atoms with Gasteiger partial charge in [0.1, 0.15) is 18.4 Å². The van der Waals surface area contributed by atoms with Crippen LogP contribution in [-0.4, -0.2) is 52.5 Å². The Morgan fingerprint density at radius 3 is 2.88 bits per heavy atom. The zero-order valence-electron chi connectivity index (χ0n) is 13.6. The number of likely N-dealkylation sites (tertiary alicyclic amines) is 1. The van der Waals surface area contributed by atoms with Gasteiger partial charge in [-0.2, -0.15) is 0 Å². The molecule has 1 fully saturated rings. The number of hydrogen-bond donors (Lipinski definition) is 1. The molecule has 6 heteroatoms. The third-order valence-corrected chi connectivity index (χ3v) is 4.45. The van der Waals surface area contributed by atoms with Crippen molar-refractivity contribution in [3.05, 3.63) is 42.2 Å². The molecule has 0 radical (unpaired) electrons. The molecule has 1 saturated heterocycles. The second kappa shape index (κ2) is 8.42. The first-order valence-electron chi connectivity index (χ1n) is 8.34. The van der Waals surface area contributed by atoms with Crippen LogP contribution in [0.1, 0.15) is 25.0 Å². The molecule has 1 unspecified atom stereocenters. The van der Waals surface area contributed by atoms with Crippen molar-refractivity contribution in [2.24, 2.45) is 5.16 Å². The first-order valence-corrected chi connectivity index (χ1v) is 8.72. The van der Waals surface area contributed by atoms with E-state index in [4.69, 9.17) is 16.4 Å². The first kappa shape index (κ1) is 17.1. The van der Waals surface area contributed by atoms with Gasteiger partial charge >= 0.3 is 0 Å². The maximum atomic E-state index is 10.1. The molecule has 1 atom stereocenters. The molecular weight excluding hydrogens is 326 g/mol. The summed E-state index contributed by atoms with van der Waals surface area (Å²) in [6, 6.07) is 9.76. The lowest BCUT2D eigenvalue weighted by molar-refractivity contribution is 0.0161. The maximum absolute atomic E-state index is 10.1. The Balaban J connectivity index is 1.57. The summed E-state index contributed by atoms with van der Waals surface area (Å²) in [4.78, 5) is 11.8. The maximum Gasteiger partial charge on any atom is 0.194 e. The summed E-state index contributed by atoms with van der Waals surface area (Å²) in [6.07, 6.45) is 4.80. The molecule has 0 spiro atoms. The quantitative estimate of drug-likeness (QED) is 0.644. The summed E-state index contributed by atoms with van der Waals surface area (Å²) in [7, 11) is 0. The standard InChI is InChI=1S/C18H22ClN3O2/c19-18(17-16-7-3-2-6-14(16)8-9-20-17)21-24-13-15(23)12-22-10-4-1-5-11-22/h2-3,6-9,15,23H,1,4-5,10-13H2/b21-18-. The Hall–Kier alpha value is -1.69. The summed E-state index contributed by atoms with van der Waals surface area (Å²) in [5.74, 6) is 0. The Bertz CT molecular complexity index is 696. The van der Waals surface area contributed by atoms with Gasteiger partial charge in [0, 0.05) is 18.1 Å². The zero-order chi connectivity index (χ0) is 16.8. The molecule has 3 rings (SSSR count). The van der Waals surface area contributed by atoms with Crippen LogP contribution in [0.5, 0.6) is 0 Å². The highest BCUT2D eigenvalue weighted by Crippen LogP contribution is 2.18. The van der Waals surface area contributed by atoms with Crippen molar-refractivity contribution in [2.45, 2.75) is 25.4 Å². The molecule has 5 nitrogen and oxygen atoms in total. The zero-order valence-corrected chi connectivity index (χ0v) is 14.3. The molecule has 1 aliphatic heterocycles. The van der Waals surface area contributed by atoms with Gasteiger partial charge < -0.3 is 14.8 Å². The number of nitrogens with zero attached hydrogens (tertiary/aromatic N) is 3. The lowest BCUT2D eigenvalue weighted by Crippen LogP contribution is -2.38. The number of aromatic nitrogens is 1. The monoisotopic (exact) mass is 347 g/mol. The van der Waals surface area contributed by atoms with Crippen LogP contribution >= 0.6 is 11.6 Å². The van der Waals surface area contributed by atoms with Gasteiger partial charge in [0.05, 0.1) is 0 Å². The van der Waals surface area contributed by atoms with Gasteiger partial charge in [0.25, 0.3) is 0 Å². The number of piperidine rings is 1. The van der Waals surface area contributed by atoms with Crippen LogP contribution in [0.15, 0.2) is 41.7 Å². The Labute approximate surface area is 146 Å². The normalized spacial score (nSPS) is 17.8. The Morgan fingerprint density at radius 2 is 2.04 bits per heavy atom. The number of oxime groups is 1. The number of rotatable bonds is 6. The van der Waals surface area contributed by atoms with Gasteiger partial charge in [-0.15, -0.1) is 0 Å². The van der Waals surface area contributed by atoms with Crippen LogP contribution < -0.4 is 0 Å². The van der Waals surface area contributed by atoms with E-state index in [0.717, 1.165) is 23.9 Å². The van der Waals surface area contributed by atoms with E-state index < -0.39 is 6.10 Å². The molecular formula is C18H22ClN3O2. The van der Waals surface area contributed by atoms with Crippen molar-refractivity contribution in [1.29, 1.82) is 0 Å². The number of aliphatic hydroxyl groups is 1. The second-order valence-electron chi connectivity index (χ2n) is 6.07. The molecule has 2 aromatic rings. The third kappa shape index (κ3) is 4.44. The minimum atomic E-state index is -0.572. The predicted molar refractivity (Wildman–Crippen MR) is 96.4 cm³/mol. The van der Waals surface area contributed by atoms with Crippen molar-refractivity contribution in [3.63, 3.8) is 0 Å². The molecule has 1 N–H and O–H groups in total. The van der Waals surface area contributed by atoms with E-state index >= 15 is 0 Å². The van der Waals surface area contributed by atoms with Gasteiger partial charge in [0.15, 0.2) is 5.17 Å². The van der Waals surface area contributed by atoms with Crippen LogP contribution in [0.2, 0.25) is 0 Å². The van der Waals surface area contributed by atoms with Gasteiger partial charge in [-0.05, 0) is 37.4 Å². The minimum absolute atomic E-state index is 0.123. The van der Waals surface area contributed by atoms with Crippen LogP contribution in [-0.2, 0) is 4.84 Å². The van der Waals surface area contributed by atoms with Crippen LogP contribution in [0.3, 0.4) is 0 Å². The number of pyridine rings is 1. The fourth-order valence-electron chi connectivity index (χ4n) is 3.00. The van der Waals surface area contributed by atoms with Crippen molar-refractivity contribution < 1.29 is 9.94 Å². The SMILES string of the molecule is OC(CO/N=C(\Cl)c1nccc2ccccc12)CN1CCCCC1. The van der Waals surface area contributed by atoms with E-state index in [1.54, 1.807) is 6.20 Å². The minimum Gasteiger partial charge on any atom is -0.392 e. The Morgan fingerprint density at radius 1 is 1.25 bits per heavy atom. The fraction of sp³-hybridized carbons (Fsp3) is 0.444. The van der Waals surface area contributed by atoms with Crippen LogP contribution in [0.4, 0.5) is 0 Å². The third-order valence-electron chi connectivity index (χ3n) is 4.20. The number of benzene rings is 1. The van der Waals surface area contributed by atoms with E-state index in [-0.39, 0.29) is 11.8 Å². The molecule has 0 amide bonds. The van der Waals surface area contributed by atoms with Gasteiger partial charge in [-0.1, -0.05) is 47.4 Å². The van der Waals surface area contributed by atoms with Crippen LogP contribution in [0.25, 0.3) is 10.8 Å². The molecule has 0 saturated carbocycles. The van der Waals surface area contributed by atoms with E-state index in [1.165, 1.54) is 19.3 Å². The molecule has 0 bridgehead atoms. The van der Waals surface area contributed by atoms with Crippen molar-refractivity contribution in [2.75, 3.05) is 26.2 Å². The van der Waals surface area contributed by atoms with E-state index in [0.29, 0.717) is 12.2 Å². The van der Waals surface area contributed by atoms with Crippen molar-refractivity contribution >= 4 is 27.5 Å². The number of β-amino-alcohol motifs (C(OH)–C–C–N with tert-alkyl or cyclic N) is 1. The first-order chi connectivity index (χ1) is 11.7. The largest absolute Gasteiger partial charge is 0.392 e. The topological polar surface area (TPSA) is 58.0 Å². The van der Waals surface area contributed by atoms with Gasteiger partial charge in [-0.25, -0.2) is 0 Å². The van der Waals surface area contributed by atoms with Gasteiger partial charge in [0.2, 0.25) is 0 Å². The molecule has 2 heterocycles. The van der Waals surface area contributed by atoms with Crippen LogP contribution in [0, 0.1) is 0 Å². The summed E-state index contributed by atoms with van der Waals surface area (Å²) < 4.78 is 0. The van der Waals surface area contributed by atoms with Crippen molar-refractivity contribution in [1.82, 2.24) is 9.88 Å². The summed E-state index contributed by atoms with van der Waals surface area (Å²) in [6.45, 7) is 2.82. The highest BCUT2D eigenvalue weighted by molar-refractivity contribution is 6.70. The smallest absolute Gasteiger partial charge is 0.194 e. The second-order valence-corrected chi connectivity index (χ2v) is 6.43. The lowest BCUT2D eigenvalue weighted by atomic mass is 10.1. The average Bonchev–Trinajstić information content (AvgIpc) is 2.62.